The van der Waals surface area contributed by atoms with Crippen LogP contribution in [0.2, 0.25) is 0 Å². The van der Waals surface area contributed by atoms with Gasteiger partial charge in [0, 0.05) is 12.5 Å². The van der Waals surface area contributed by atoms with Gasteiger partial charge in [0.2, 0.25) is 5.76 Å². The van der Waals surface area contributed by atoms with Crippen LogP contribution in [0.3, 0.4) is 0 Å². The van der Waals surface area contributed by atoms with Crippen molar-refractivity contribution in [3.05, 3.63) is 23.4 Å². The van der Waals surface area contributed by atoms with Gasteiger partial charge in [-0.2, -0.15) is 0 Å². The molecule has 0 radical (unpaired) electrons. The molecule has 0 saturated carbocycles. The zero-order chi connectivity index (χ0) is 7.72. The van der Waals surface area contributed by atoms with E-state index in [0.29, 0.717) is 6.42 Å². The van der Waals surface area contributed by atoms with E-state index < -0.39 is 0 Å². The average Bonchev–Trinajstić information content (AvgIpc) is 1.82. The molecule has 0 fully saturated rings. The maximum absolute atomic E-state index is 8.99. The van der Waals surface area contributed by atoms with Crippen LogP contribution in [0.25, 0.3) is 0 Å². The first kappa shape index (κ1) is 6.99. The van der Waals surface area contributed by atoms with Gasteiger partial charge in [0.25, 0.3) is 5.76 Å². The zero-order valence-corrected chi connectivity index (χ0v) is 5.76. The van der Waals surface area contributed by atoms with Gasteiger partial charge in [-0.1, -0.05) is 6.92 Å². The van der Waals surface area contributed by atoms with E-state index in [4.69, 9.17) is 15.3 Å². The van der Waals surface area contributed by atoms with E-state index in [-0.39, 0.29) is 23.2 Å². The monoisotopic (exact) mass is 143 g/mol. The molecule has 1 atom stereocenters. The first-order valence-electron chi connectivity index (χ1n) is 3.16. The number of aliphatic hydroxyl groups excluding tert-OH is 2. The molecule has 0 aromatic heterocycles. The molecule has 0 aromatic carbocycles. The summed E-state index contributed by atoms with van der Waals surface area (Å²) < 4.78 is 0. The third-order valence-electron chi connectivity index (χ3n) is 1.49. The van der Waals surface area contributed by atoms with E-state index in [1.165, 1.54) is 0 Å². The molecule has 0 amide bonds. The largest absolute Gasteiger partial charge is 0.591 e. The predicted octanol–water partition coefficient (Wildman–Crippen LogP) is 0.962. The smallest absolute Gasteiger partial charge is 0.296 e. The quantitative estimate of drug-likeness (QED) is 0.496. The average molecular weight is 143 g/mol. The fourth-order valence-corrected chi connectivity index (χ4v) is 0.979. The summed E-state index contributed by atoms with van der Waals surface area (Å²) in [6, 6.07) is 0. The molecule has 0 aromatic rings. The topological polar surface area (TPSA) is 63.4 Å². The van der Waals surface area contributed by atoms with E-state index in [2.05, 4.69) is 0 Å². The molecular formula is C7H11O3+. The molecule has 1 aliphatic carbocycles. The highest BCUT2D eigenvalue weighted by atomic mass is 16.3. The van der Waals surface area contributed by atoms with Gasteiger partial charge in [-0.15, -0.1) is 0 Å². The molecule has 0 spiro atoms. The van der Waals surface area contributed by atoms with Gasteiger partial charge >= 0.3 is 0 Å². The minimum absolute atomic E-state index is 0.0243. The maximum Gasteiger partial charge on any atom is 0.296 e. The van der Waals surface area contributed by atoms with Crippen LogP contribution in [0.15, 0.2) is 23.4 Å². The number of hydrogen-bond acceptors (Lipinski definition) is 2. The third kappa shape index (κ3) is 1.07. The van der Waals surface area contributed by atoms with E-state index in [1.54, 1.807) is 6.08 Å². The molecule has 0 saturated heterocycles. The maximum atomic E-state index is 8.99. The summed E-state index contributed by atoms with van der Waals surface area (Å²) in [6.45, 7) is 1.89. The van der Waals surface area contributed by atoms with Crippen molar-refractivity contribution in [2.75, 3.05) is 0 Å². The molecule has 3 heteroatoms. The Hall–Kier alpha value is -1.12. The van der Waals surface area contributed by atoms with Gasteiger partial charge in [0.15, 0.2) is 0 Å². The zero-order valence-electron chi connectivity index (χ0n) is 5.76. The van der Waals surface area contributed by atoms with Gasteiger partial charge in [0.1, 0.15) is 5.76 Å². The van der Waals surface area contributed by atoms with Crippen LogP contribution < -0.4 is 0 Å². The van der Waals surface area contributed by atoms with Gasteiger partial charge in [-0.05, 0) is 5.92 Å². The predicted molar refractivity (Wildman–Crippen MR) is 37.8 cm³/mol. The minimum Gasteiger partial charge on any atom is -0.591 e. The first-order valence-corrected chi connectivity index (χ1v) is 3.16. The van der Waals surface area contributed by atoms with Crippen LogP contribution in [0.1, 0.15) is 13.3 Å². The van der Waals surface area contributed by atoms with E-state index in [1.807, 2.05) is 6.92 Å². The number of allylic oxidation sites excluding steroid dienone is 2. The normalized spacial score (nSPS) is 26.5. The minimum atomic E-state index is -0.280. The molecule has 1 unspecified atom stereocenters. The standard InChI is InChI=1S/C7H10O3/c1-4-2-5(8)7(10)6(9)3-4/h2,4,8-10H,3H2,1H3/p+1. The molecule has 0 bridgehead atoms. The van der Waals surface area contributed by atoms with Crippen molar-refractivity contribution in [2.45, 2.75) is 13.3 Å². The van der Waals surface area contributed by atoms with Crippen LogP contribution >= 0.6 is 0 Å². The summed E-state index contributed by atoms with van der Waals surface area (Å²) in [7, 11) is 0. The van der Waals surface area contributed by atoms with Crippen LogP contribution in [0, 0.1) is 5.92 Å². The molecule has 3 nitrogen and oxygen atoms in total. The Morgan fingerprint density at radius 1 is 1.60 bits per heavy atom. The lowest BCUT2D eigenvalue weighted by Gasteiger charge is -2.11. The summed E-state index contributed by atoms with van der Waals surface area (Å²) in [5.41, 5.74) is 0. The number of aliphatic hydroxyl groups is 2. The van der Waals surface area contributed by atoms with Gasteiger partial charge in [0.05, 0.1) is 0 Å². The molecule has 0 heterocycles. The summed E-state index contributed by atoms with van der Waals surface area (Å²) in [6.07, 6.45) is 2.06. The van der Waals surface area contributed by atoms with E-state index in [0.717, 1.165) is 0 Å². The van der Waals surface area contributed by atoms with Crippen molar-refractivity contribution in [1.82, 2.24) is 0 Å². The van der Waals surface area contributed by atoms with Crippen molar-refractivity contribution in [3.8, 4) is 0 Å². The molecule has 56 valence electrons. The van der Waals surface area contributed by atoms with Gasteiger partial charge in [-0.25, -0.2) is 0 Å². The lowest BCUT2D eigenvalue weighted by Crippen LogP contribution is -2.06. The van der Waals surface area contributed by atoms with Crippen LogP contribution in [-0.2, 0) is 0 Å². The highest BCUT2D eigenvalue weighted by Gasteiger charge is 2.21. The second-order valence-corrected chi connectivity index (χ2v) is 2.56. The van der Waals surface area contributed by atoms with Gasteiger partial charge in [-0.3, -0.25) is 0 Å². The van der Waals surface area contributed by atoms with Crippen molar-refractivity contribution in [1.29, 1.82) is 0 Å². The number of hydrogen-bond donors (Lipinski definition) is 2. The fraction of sp³-hybridized carbons (Fsp3) is 0.429. The van der Waals surface area contributed by atoms with Crippen molar-refractivity contribution < 1.29 is 15.3 Å². The lowest BCUT2D eigenvalue weighted by molar-refractivity contribution is 0.256. The molecule has 4 N–H and O–H groups in total. The summed E-state index contributed by atoms with van der Waals surface area (Å²) >= 11 is 0. The van der Waals surface area contributed by atoms with Gasteiger partial charge < -0.3 is 15.3 Å². The summed E-state index contributed by atoms with van der Waals surface area (Å²) in [5.74, 6) is -0.169. The Morgan fingerprint density at radius 3 is 2.70 bits per heavy atom. The van der Waals surface area contributed by atoms with Crippen LogP contribution in [-0.4, -0.2) is 15.3 Å². The van der Waals surface area contributed by atoms with E-state index >= 15 is 0 Å². The van der Waals surface area contributed by atoms with Crippen molar-refractivity contribution in [3.63, 3.8) is 0 Å². The van der Waals surface area contributed by atoms with Crippen molar-refractivity contribution >= 4 is 0 Å². The lowest BCUT2D eigenvalue weighted by atomic mass is 10.00. The van der Waals surface area contributed by atoms with Crippen LogP contribution in [0.4, 0.5) is 0 Å². The second-order valence-electron chi connectivity index (χ2n) is 2.56. The Labute approximate surface area is 58.9 Å². The second kappa shape index (κ2) is 2.25. The SMILES string of the molecule is CC1C=C([OH2+])C(O)=C(O)C1. The molecule has 1 aliphatic rings. The Morgan fingerprint density at radius 2 is 2.20 bits per heavy atom. The Kier molecular flexibility index (Phi) is 1.57. The summed E-state index contributed by atoms with van der Waals surface area (Å²) in [4.78, 5) is 0. The highest BCUT2D eigenvalue weighted by molar-refractivity contribution is 5.25. The first-order chi connectivity index (χ1) is 4.61. The van der Waals surface area contributed by atoms with Crippen LogP contribution in [0.5, 0.6) is 0 Å². The van der Waals surface area contributed by atoms with E-state index in [9.17, 15) is 0 Å². The Bertz CT molecular complexity index is 203. The highest BCUT2D eigenvalue weighted by Crippen LogP contribution is 2.23. The third-order valence-corrected chi connectivity index (χ3v) is 1.49. The molecular weight excluding hydrogens is 132 g/mol. The fourth-order valence-electron chi connectivity index (χ4n) is 0.979. The molecule has 1 rings (SSSR count). The number of rotatable bonds is 0. The Balaban J connectivity index is 2.90. The molecule has 10 heavy (non-hydrogen) atoms. The van der Waals surface area contributed by atoms with Crippen molar-refractivity contribution in [2.24, 2.45) is 5.92 Å². The summed E-state index contributed by atoms with van der Waals surface area (Å²) in [5, 5.41) is 25.1. The molecule has 0 aliphatic heterocycles.